The third kappa shape index (κ3) is 7.20. The molecule has 0 fully saturated rings. The molecule has 0 bridgehead atoms. The van der Waals surface area contributed by atoms with Crippen molar-refractivity contribution in [3.05, 3.63) is 61.2 Å². The van der Waals surface area contributed by atoms with Crippen LogP contribution in [-0.4, -0.2) is 55.6 Å². The Morgan fingerprint density at radius 3 is 1.95 bits per heavy atom. The first-order chi connectivity index (χ1) is 18.2. The van der Waals surface area contributed by atoms with Crippen molar-refractivity contribution < 1.29 is 14.3 Å². The van der Waals surface area contributed by atoms with Gasteiger partial charge in [0, 0.05) is 17.6 Å². The summed E-state index contributed by atoms with van der Waals surface area (Å²) in [5.74, 6) is 0.939. The summed E-state index contributed by atoms with van der Waals surface area (Å²) >= 11 is 7.56. The van der Waals surface area contributed by atoms with Crippen LogP contribution in [0.5, 0.6) is 6.01 Å². The van der Waals surface area contributed by atoms with Crippen LogP contribution in [0.3, 0.4) is 0 Å². The number of ether oxygens (including phenoxy) is 2. The standard InChI is InChI=1S/C24H19N5O3S5/c1-2-19(30)31-11-13-33-14-12-32-20-27-21(36-23-25-15-7-3-5-9-17(15)34-23)29-22(28-20)37-24-26-16-8-4-6-10-18(16)35-24/h2-10H,1,11-14H2. The Balaban J connectivity index is 1.28. The molecule has 0 aliphatic rings. The van der Waals surface area contributed by atoms with Gasteiger partial charge in [0.2, 0.25) is 10.3 Å². The third-order valence-corrected chi connectivity index (χ3v) is 9.41. The molecule has 0 spiro atoms. The predicted molar refractivity (Wildman–Crippen MR) is 151 cm³/mol. The molecular formula is C24H19N5O3S5. The highest BCUT2D eigenvalue weighted by Gasteiger charge is 2.15. The number of thioether (sulfide) groups is 1. The lowest BCUT2D eigenvalue weighted by Gasteiger charge is -2.07. The summed E-state index contributed by atoms with van der Waals surface area (Å²) < 4.78 is 14.7. The summed E-state index contributed by atoms with van der Waals surface area (Å²) in [6.07, 6.45) is 1.16. The number of benzene rings is 2. The van der Waals surface area contributed by atoms with Gasteiger partial charge >= 0.3 is 12.0 Å². The lowest BCUT2D eigenvalue weighted by atomic mass is 10.3. The van der Waals surface area contributed by atoms with Gasteiger partial charge in [0.1, 0.15) is 13.2 Å². The molecule has 0 saturated carbocycles. The second kappa shape index (κ2) is 12.7. The minimum absolute atomic E-state index is 0.251. The normalized spacial score (nSPS) is 11.1. The quantitative estimate of drug-likeness (QED) is 0.0945. The number of hydrogen-bond acceptors (Lipinski definition) is 13. The maximum atomic E-state index is 11.1. The van der Waals surface area contributed by atoms with Crippen LogP contribution in [0.4, 0.5) is 0 Å². The Bertz CT molecular complexity index is 1380. The van der Waals surface area contributed by atoms with E-state index in [1.54, 1.807) is 34.4 Å². The highest BCUT2D eigenvalue weighted by Crippen LogP contribution is 2.36. The van der Waals surface area contributed by atoms with Crippen molar-refractivity contribution in [2.24, 2.45) is 0 Å². The average Bonchev–Trinajstić information content (AvgIpc) is 3.50. The highest BCUT2D eigenvalue weighted by molar-refractivity contribution is 8.01. The van der Waals surface area contributed by atoms with E-state index < -0.39 is 5.97 Å². The topological polar surface area (TPSA) is 100.0 Å². The van der Waals surface area contributed by atoms with Crippen molar-refractivity contribution in [1.82, 2.24) is 24.9 Å². The van der Waals surface area contributed by atoms with E-state index in [4.69, 9.17) is 9.47 Å². The van der Waals surface area contributed by atoms with Crippen LogP contribution in [-0.2, 0) is 9.53 Å². The van der Waals surface area contributed by atoms with Gasteiger partial charge in [-0.15, -0.1) is 22.7 Å². The number of esters is 1. The number of carbonyl (C=O) groups excluding carboxylic acids is 1. The van der Waals surface area contributed by atoms with Crippen LogP contribution in [0.2, 0.25) is 0 Å². The minimum atomic E-state index is -0.418. The van der Waals surface area contributed by atoms with Crippen molar-refractivity contribution in [2.45, 2.75) is 19.0 Å². The SMILES string of the molecule is C=CC(=O)OCCSCCOc1nc(Sc2nc3ccccc3s2)nc(Sc2nc3ccccc3s2)n1. The smallest absolute Gasteiger partial charge is 0.330 e. The first kappa shape index (κ1) is 25.9. The van der Waals surface area contributed by atoms with E-state index in [-0.39, 0.29) is 6.01 Å². The lowest BCUT2D eigenvalue weighted by Crippen LogP contribution is -2.08. The zero-order valence-corrected chi connectivity index (χ0v) is 23.3. The second-order valence-electron chi connectivity index (χ2n) is 7.11. The molecule has 188 valence electrons. The van der Waals surface area contributed by atoms with Gasteiger partial charge in [-0.3, -0.25) is 0 Å². The summed E-state index contributed by atoms with van der Waals surface area (Å²) in [7, 11) is 0. The fraction of sp³-hybridized carbons (Fsp3) is 0.167. The third-order valence-electron chi connectivity index (χ3n) is 4.58. The lowest BCUT2D eigenvalue weighted by molar-refractivity contribution is -0.137. The number of fused-ring (bicyclic) bond motifs is 2. The molecule has 2 aromatic carbocycles. The fourth-order valence-corrected chi connectivity index (χ4v) is 7.47. The van der Waals surface area contributed by atoms with E-state index in [1.165, 1.54) is 23.5 Å². The monoisotopic (exact) mass is 585 g/mol. The number of carbonyl (C=O) groups is 1. The van der Waals surface area contributed by atoms with Gasteiger partial charge < -0.3 is 9.47 Å². The largest absolute Gasteiger partial charge is 0.462 e. The number of thiazole rings is 2. The van der Waals surface area contributed by atoms with Crippen molar-refractivity contribution in [3.63, 3.8) is 0 Å². The molecular weight excluding hydrogens is 567 g/mol. The zero-order chi connectivity index (χ0) is 25.5. The number of aromatic nitrogens is 5. The van der Waals surface area contributed by atoms with Gasteiger partial charge in [0.15, 0.2) is 8.68 Å². The Morgan fingerprint density at radius 2 is 1.38 bits per heavy atom. The van der Waals surface area contributed by atoms with Crippen LogP contribution in [0.25, 0.3) is 20.4 Å². The van der Waals surface area contributed by atoms with Crippen LogP contribution < -0.4 is 4.74 Å². The Hall–Kier alpha value is -2.71. The maximum Gasteiger partial charge on any atom is 0.330 e. The molecule has 0 radical (unpaired) electrons. The molecule has 5 aromatic rings. The molecule has 0 aliphatic heterocycles. The summed E-state index contributed by atoms with van der Waals surface area (Å²) in [6, 6.07) is 16.3. The molecule has 0 saturated heterocycles. The van der Waals surface area contributed by atoms with E-state index in [0.717, 1.165) is 35.2 Å². The van der Waals surface area contributed by atoms with Gasteiger partial charge in [-0.05, 0) is 47.8 Å². The van der Waals surface area contributed by atoms with Crippen molar-refractivity contribution >= 4 is 84.4 Å². The number of para-hydroxylation sites is 2. The number of rotatable bonds is 12. The first-order valence-electron chi connectivity index (χ1n) is 11.0. The van der Waals surface area contributed by atoms with E-state index >= 15 is 0 Å². The fourth-order valence-electron chi connectivity index (χ4n) is 2.98. The van der Waals surface area contributed by atoms with Crippen LogP contribution in [0.15, 0.2) is 80.2 Å². The molecule has 0 N–H and O–H groups in total. The van der Waals surface area contributed by atoms with Crippen molar-refractivity contribution in [2.75, 3.05) is 24.7 Å². The molecule has 3 aromatic heterocycles. The molecule has 13 heteroatoms. The first-order valence-corrected chi connectivity index (χ1v) is 15.4. The number of nitrogens with zero attached hydrogens (tertiary/aromatic N) is 5. The van der Waals surface area contributed by atoms with Crippen LogP contribution in [0.1, 0.15) is 0 Å². The Kier molecular flexibility index (Phi) is 8.89. The van der Waals surface area contributed by atoms with Gasteiger partial charge in [-0.2, -0.15) is 26.7 Å². The van der Waals surface area contributed by atoms with E-state index in [2.05, 4.69) is 31.5 Å². The zero-order valence-electron chi connectivity index (χ0n) is 19.2. The number of hydrogen-bond donors (Lipinski definition) is 0. The minimum Gasteiger partial charge on any atom is -0.462 e. The average molecular weight is 586 g/mol. The Labute approximate surface area is 233 Å². The predicted octanol–water partition coefficient (Wildman–Crippen LogP) is 6.23. The molecule has 0 aliphatic carbocycles. The molecule has 37 heavy (non-hydrogen) atoms. The second-order valence-corrected chi connectivity index (χ2v) is 12.8. The van der Waals surface area contributed by atoms with Crippen molar-refractivity contribution in [1.29, 1.82) is 0 Å². The van der Waals surface area contributed by atoms with E-state index in [0.29, 0.717) is 35.0 Å². The van der Waals surface area contributed by atoms with Gasteiger partial charge in [0.25, 0.3) is 0 Å². The molecule has 0 amide bonds. The van der Waals surface area contributed by atoms with Gasteiger partial charge in [-0.25, -0.2) is 14.8 Å². The molecule has 0 unspecified atom stereocenters. The summed E-state index contributed by atoms with van der Waals surface area (Å²) in [5.41, 5.74) is 1.89. The van der Waals surface area contributed by atoms with Gasteiger partial charge in [0.05, 0.1) is 20.4 Å². The van der Waals surface area contributed by atoms with Crippen molar-refractivity contribution in [3.8, 4) is 6.01 Å². The van der Waals surface area contributed by atoms with Crippen LogP contribution >= 0.6 is 58.0 Å². The molecule has 5 rings (SSSR count). The van der Waals surface area contributed by atoms with Crippen LogP contribution in [0, 0.1) is 0 Å². The van der Waals surface area contributed by atoms with E-state index in [9.17, 15) is 4.79 Å². The van der Waals surface area contributed by atoms with Gasteiger partial charge in [-0.1, -0.05) is 30.8 Å². The molecule has 3 heterocycles. The summed E-state index contributed by atoms with van der Waals surface area (Å²) in [6.45, 7) is 4.11. The summed E-state index contributed by atoms with van der Waals surface area (Å²) in [5, 5.41) is 1.02. The highest BCUT2D eigenvalue weighted by atomic mass is 32.2. The maximum absolute atomic E-state index is 11.1. The summed E-state index contributed by atoms with van der Waals surface area (Å²) in [4.78, 5) is 34.2. The molecule has 0 atom stereocenters. The molecule has 8 nitrogen and oxygen atoms in total. The van der Waals surface area contributed by atoms with E-state index in [1.807, 2.05) is 48.5 Å². The Morgan fingerprint density at radius 1 is 0.811 bits per heavy atom.